The number of rotatable bonds is 5. The summed E-state index contributed by atoms with van der Waals surface area (Å²) in [5, 5.41) is 0.678. The van der Waals surface area contributed by atoms with Gasteiger partial charge in [0, 0.05) is 35.7 Å². The third-order valence-electron chi connectivity index (χ3n) is 3.61. The van der Waals surface area contributed by atoms with Crippen LogP contribution in [0.3, 0.4) is 0 Å². The Balaban J connectivity index is 2.06. The molecule has 0 aliphatic carbocycles. The van der Waals surface area contributed by atoms with E-state index in [1.165, 1.54) is 0 Å². The zero-order chi connectivity index (χ0) is 17.8. The van der Waals surface area contributed by atoms with Crippen LogP contribution in [0.15, 0.2) is 60.7 Å². The summed E-state index contributed by atoms with van der Waals surface area (Å²) in [7, 11) is 0. The number of nitrogens with two attached hydrogens (primary N) is 1. The minimum Gasteiger partial charge on any atom is -0.368 e. The van der Waals surface area contributed by atoms with Crippen LogP contribution in [0.4, 0.5) is 5.95 Å². The van der Waals surface area contributed by atoms with Crippen LogP contribution in [0.1, 0.15) is 13.3 Å². The van der Waals surface area contributed by atoms with Crippen LogP contribution in [0.25, 0.3) is 28.1 Å². The van der Waals surface area contributed by atoms with E-state index in [2.05, 4.69) is 26.5 Å². The Morgan fingerprint density at radius 1 is 1.32 bits per heavy atom. The van der Waals surface area contributed by atoms with Gasteiger partial charge in [-0.25, -0.2) is 15.0 Å². The number of imidazole rings is 1. The van der Waals surface area contributed by atoms with Gasteiger partial charge in [0.1, 0.15) is 5.82 Å². The molecule has 3 aromatic heterocycles. The second kappa shape index (κ2) is 7.27. The highest BCUT2D eigenvalue weighted by molar-refractivity contribution is 6.31. The van der Waals surface area contributed by atoms with Gasteiger partial charge in [-0.1, -0.05) is 30.3 Å². The molecule has 0 saturated carbocycles. The van der Waals surface area contributed by atoms with Crippen LogP contribution in [0, 0.1) is 0 Å². The average molecular weight is 353 g/mol. The highest BCUT2D eigenvalue weighted by Gasteiger charge is 2.15. The molecule has 0 atom stereocenters. The predicted octanol–water partition coefficient (Wildman–Crippen LogP) is 4.03. The number of nitrogens with zero attached hydrogens (tertiary/aromatic N) is 5. The molecule has 3 aromatic rings. The maximum absolute atomic E-state index is 6.00. The Morgan fingerprint density at radius 2 is 2.08 bits per heavy atom. The van der Waals surface area contributed by atoms with Gasteiger partial charge in [-0.15, -0.1) is 0 Å². The first-order chi connectivity index (χ1) is 12.1. The molecule has 126 valence electrons. The van der Waals surface area contributed by atoms with Crippen LogP contribution in [0.5, 0.6) is 0 Å². The summed E-state index contributed by atoms with van der Waals surface area (Å²) in [6, 6.07) is 1.85. The topological polar surface area (TPSA) is 82.5 Å². The minimum atomic E-state index is 0.218. The molecule has 0 aromatic carbocycles. The van der Waals surface area contributed by atoms with E-state index in [0.29, 0.717) is 17.3 Å². The lowest BCUT2D eigenvalue weighted by molar-refractivity contribution is 1.07. The quantitative estimate of drug-likeness (QED) is 0.701. The van der Waals surface area contributed by atoms with E-state index in [1.807, 2.05) is 35.8 Å². The van der Waals surface area contributed by atoms with Crippen molar-refractivity contribution in [3.8, 4) is 11.4 Å². The molecule has 0 spiro atoms. The van der Waals surface area contributed by atoms with E-state index >= 15 is 0 Å². The predicted molar refractivity (Wildman–Crippen MR) is 102 cm³/mol. The summed E-state index contributed by atoms with van der Waals surface area (Å²) < 4.78 is 1.95. The fourth-order valence-electron chi connectivity index (χ4n) is 2.39. The lowest BCUT2D eigenvalue weighted by Crippen LogP contribution is -2.00. The largest absolute Gasteiger partial charge is 0.368 e. The molecule has 6 nitrogen and oxygen atoms in total. The number of nitrogen functional groups attached to an aromatic ring is 1. The first kappa shape index (κ1) is 16.9. The van der Waals surface area contributed by atoms with Crippen molar-refractivity contribution < 1.29 is 0 Å². The van der Waals surface area contributed by atoms with E-state index in [4.69, 9.17) is 17.3 Å². The van der Waals surface area contributed by atoms with E-state index in [0.717, 1.165) is 22.3 Å². The third-order valence-corrected chi connectivity index (χ3v) is 3.95. The van der Waals surface area contributed by atoms with Crippen molar-refractivity contribution in [2.24, 2.45) is 0 Å². The molecule has 25 heavy (non-hydrogen) atoms. The second-order valence-corrected chi connectivity index (χ2v) is 5.75. The van der Waals surface area contributed by atoms with Gasteiger partial charge in [0.05, 0.1) is 22.8 Å². The molecule has 0 saturated heterocycles. The van der Waals surface area contributed by atoms with Crippen LogP contribution in [-0.2, 0) is 0 Å². The highest BCUT2D eigenvalue weighted by Crippen LogP contribution is 2.28. The van der Waals surface area contributed by atoms with Crippen LogP contribution in [0.2, 0.25) is 0 Å². The van der Waals surface area contributed by atoms with Crippen molar-refractivity contribution in [2.45, 2.75) is 13.3 Å². The fraction of sp³-hybridized carbons (Fsp3) is 0.111. The Kier molecular flexibility index (Phi) is 4.90. The Morgan fingerprint density at radius 3 is 2.80 bits per heavy atom. The molecule has 0 aliphatic rings. The molecule has 0 radical (unpaired) electrons. The number of fused-ring (bicyclic) bond motifs is 1. The zero-order valence-electron chi connectivity index (χ0n) is 13.7. The first-order valence-electron chi connectivity index (χ1n) is 7.67. The molecule has 0 amide bonds. The summed E-state index contributed by atoms with van der Waals surface area (Å²) >= 11 is 6.00. The number of anilines is 1. The number of aromatic nitrogens is 5. The van der Waals surface area contributed by atoms with E-state index < -0.39 is 0 Å². The summed E-state index contributed by atoms with van der Waals surface area (Å²) in [5.41, 5.74) is 8.85. The summed E-state index contributed by atoms with van der Waals surface area (Å²) in [5.74, 6) is 0.911. The molecule has 2 N–H and O–H groups in total. The Labute approximate surface area is 150 Å². The third kappa shape index (κ3) is 3.59. The molecule has 3 heterocycles. The van der Waals surface area contributed by atoms with E-state index in [9.17, 15) is 0 Å². The van der Waals surface area contributed by atoms with Gasteiger partial charge in [-0.05, 0) is 19.1 Å². The minimum absolute atomic E-state index is 0.218. The molecule has 7 heteroatoms. The molecule has 0 bridgehead atoms. The van der Waals surface area contributed by atoms with Gasteiger partial charge >= 0.3 is 0 Å². The summed E-state index contributed by atoms with van der Waals surface area (Å²) in [6.45, 7) is 6.07. The van der Waals surface area contributed by atoms with Gasteiger partial charge in [-0.3, -0.25) is 9.55 Å². The zero-order valence-corrected chi connectivity index (χ0v) is 14.5. The van der Waals surface area contributed by atoms with Gasteiger partial charge in [-0.2, -0.15) is 0 Å². The number of hydrogen-bond acceptors (Lipinski definition) is 5. The number of hydrogen-bond donors (Lipinski definition) is 1. The first-order valence-corrected chi connectivity index (χ1v) is 8.05. The Hall–Kier alpha value is -2.99. The lowest BCUT2D eigenvalue weighted by Gasteiger charge is -2.10. The maximum atomic E-state index is 6.00. The molecule has 0 unspecified atom stereocenters. The molecule has 0 fully saturated rings. The van der Waals surface area contributed by atoms with Gasteiger partial charge in [0.25, 0.3) is 0 Å². The second-order valence-electron chi connectivity index (χ2n) is 5.31. The monoisotopic (exact) mass is 352 g/mol. The highest BCUT2D eigenvalue weighted by atomic mass is 35.5. The van der Waals surface area contributed by atoms with Gasteiger partial charge in [0.15, 0.2) is 0 Å². The van der Waals surface area contributed by atoms with Crippen molar-refractivity contribution in [3.05, 3.63) is 60.7 Å². The summed E-state index contributed by atoms with van der Waals surface area (Å²) in [6.07, 6.45) is 13.0. The number of pyridine rings is 1. The Bertz CT molecular complexity index is 969. The normalized spacial score (nSPS) is 12.2. The molecule has 0 aliphatic heterocycles. The standard InChI is InChI=1S/C18H17ClN6/c1-3-14(19)6-4-5-12(2)25-16-11-21-8-7-15(16)24-17(25)13-9-22-18(20)23-10-13/h3-4,6-11H,2,5H2,1H3,(H2,20,22,23)/b6-4-,14-3+. The van der Waals surface area contributed by atoms with Crippen molar-refractivity contribution in [1.82, 2.24) is 24.5 Å². The lowest BCUT2D eigenvalue weighted by atomic mass is 10.2. The van der Waals surface area contributed by atoms with Crippen molar-refractivity contribution in [3.63, 3.8) is 0 Å². The number of allylic oxidation sites excluding steroid dienone is 5. The van der Waals surface area contributed by atoms with Gasteiger partial charge < -0.3 is 5.73 Å². The molecular formula is C18H17ClN6. The smallest absolute Gasteiger partial charge is 0.219 e. The van der Waals surface area contributed by atoms with Crippen LogP contribution < -0.4 is 5.73 Å². The van der Waals surface area contributed by atoms with Crippen molar-refractivity contribution in [2.75, 3.05) is 5.73 Å². The average Bonchev–Trinajstić information content (AvgIpc) is 3.01. The summed E-state index contributed by atoms with van der Waals surface area (Å²) in [4.78, 5) is 17.0. The van der Waals surface area contributed by atoms with E-state index in [-0.39, 0.29) is 5.95 Å². The van der Waals surface area contributed by atoms with Crippen molar-refractivity contribution in [1.29, 1.82) is 0 Å². The fourth-order valence-corrected chi connectivity index (χ4v) is 2.48. The van der Waals surface area contributed by atoms with Crippen molar-refractivity contribution >= 4 is 34.3 Å². The molecular weight excluding hydrogens is 336 g/mol. The SMILES string of the molecule is C=C(C/C=C\C(Cl)=C/C)n1c(-c2cnc(N)nc2)nc2ccncc21. The number of halogens is 1. The molecule has 3 rings (SSSR count). The van der Waals surface area contributed by atoms with Gasteiger partial charge in [0.2, 0.25) is 5.95 Å². The van der Waals surface area contributed by atoms with Crippen LogP contribution >= 0.6 is 11.6 Å². The van der Waals surface area contributed by atoms with E-state index in [1.54, 1.807) is 24.8 Å². The van der Waals surface area contributed by atoms with Crippen LogP contribution in [-0.4, -0.2) is 24.5 Å². The maximum Gasteiger partial charge on any atom is 0.219 e.